The van der Waals surface area contributed by atoms with Crippen molar-refractivity contribution in [3.63, 3.8) is 0 Å². The van der Waals surface area contributed by atoms with Crippen LogP contribution in [0.2, 0.25) is 0 Å². The van der Waals surface area contributed by atoms with Crippen molar-refractivity contribution in [1.29, 1.82) is 0 Å². The summed E-state index contributed by atoms with van der Waals surface area (Å²) in [6.45, 7) is 5.58. The molecule has 106 valence electrons. The number of hydrogen-bond donors (Lipinski definition) is 1. The molecule has 1 unspecified atom stereocenters. The minimum atomic E-state index is 0.501. The lowest BCUT2D eigenvalue weighted by atomic mass is 9.92. The summed E-state index contributed by atoms with van der Waals surface area (Å²) in [6.07, 6.45) is 5.91. The van der Waals surface area contributed by atoms with E-state index in [-0.39, 0.29) is 0 Å². The molecular formula is C17H23N3. The van der Waals surface area contributed by atoms with E-state index in [4.69, 9.17) is 0 Å². The van der Waals surface area contributed by atoms with Gasteiger partial charge >= 0.3 is 0 Å². The topological polar surface area (TPSA) is 29.9 Å². The van der Waals surface area contributed by atoms with E-state index in [0.29, 0.717) is 11.5 Å². The monoisotopic (exact) mass is 269 g/mol. The van der Waals surface area contributed by atoms with Crippen LogP contribution in [-0.2, 0) is 6.54 Å². The first-order chi connectivity index (χ1) is 9.62. The molecule has 1 heterocycles. The third-order valence-electron chi connectivity index (χ3n) is 4.21. The van der Waals surface area contributed by atoms with Crippen molar-refractivity contribution in [3.05, 3.63) is 48.3 Å². The van der Waals surface area contributed by atoms with Crippen LogP contribution in [0.5, 0.6) is 0 Å². The van der Waals surface area contributed by atoms with Crippen LogP contribution in [0.4, 0.5) is 0 Å². The average Bonchev–Trinajstić information content (AvgIpc) is 3.04. The maximum absolute atomic E-state index is 4.63. The van der Waals surface area contributed by atoms with Gasteiger partial charge in [-0.3, -0.25) is 0 Å². The molecule has 0 radical (unpaired) electrons. The van der Waals surface area contributed by atoms with Gasteiger partial charge in [-0.15, -0.1) is 0 Å². The highest BCUT2D eigenvalue weighted by Crippen LogP contribution is 2.36. The Balaban J connectivity index is 1.58. The molecule has 1 saturated carbocycles. The van der Waals surface area contributed by atoms with Gasteiger partial charge in [0.25, 0.3) is 0 Å². The molecule has 2 aromatic rings. The highest BCUT2D eigenvalue weighted by Gasteiger charge is 2.30. The second-order valence-corrected chi connectivity index (χ2v) is 6.57. The Bertz CT molecular complexity index is 557. The molecule has 0 bridgehead atoms. The van der Waals surface area contributed by atoms with E-state index >= 15 is 0 Å². The van der Waals surface area contributed by atoms with Crippen molar-refractivity contribution < 1.29 is 0 Å². The van der Waals surface area contributed by atoms with Crippen molar-refractivity contribution >= 4 is 0 Å². The van der Waals surface area contributed by atoms with E-state index in [1.807, 2.05) is 29.1 Å². The van der Waals surface area contributed by atoms with Gasteiger partial charge in [0.15, 0.2) is 0 Å². The maximum atomic E-state index is 4.63. The highest BCUT2D eigenvalue weighted by molar-refractivity contribution is 5.30. The number of nitrogens with one attached hydrogen (secondary N) is 1. The van der Waals surface area contributed by atoms with Gasteiger partial charge in [-0.1, -0.05) is 32.0 Å². The number of benzene rings is 1. The Hall–Kier alpha value is -1.61. The zero-order valence-electron chi connectivity index (χ0n) is 12.3. The second kappa shape index (κ2) is 5.41. The molecule has 3 rings (SSSR count). The van der Waals surface area contributed by atoms with E-state index in [1.54, 1.807) is 0 Å². The lowest BCUT2D eigenvalue weighted by Crippen LogP contribution is -2.27. The summed E-state index contributed by atoms with van der Waals surface area (Å²) in [5, 5.41) is 8.27. The van der Waals surface area contributed by atoms with Crippen molar-refractivity contribution in [2.75, 3.05) is 0 Å². The molecule has 1 atom stereocenters. The molecule has 1 aromatic heterocycles. The van der Waals surface area contributed by atoms with Crippen LogP contribution in [0.1, 0.15) is 38.8 Å². The Labute approximate surface area is 121 Å². The predicted octanol–water partition coefficient (Wildman–Crippen LogP) is 3.54. The number of para-hydroxylation sites is 1. The van der Waals surface area contributed by atoms with Crippen LogP contribution in [0.3, 0.4) is 0 Å². The molecule has 20 heavy (non-hydrogen) atoms. The van der Waals surface area contributed by atoms with E-state index in [0.717, 1.165) is 17.9 Å². The van der Waals surface area contributed by atoms with Crippen LogP contribution in [-0.4, -0.2) is 15.8 Å². The zero-order valence-corrected chi connectivity index (χ0v) is 12.3. The third kappa shape index (κ3) is 3.10. The van der Waals surface area contributed by atoms with Crippen LogP contribution >= 0.6 is 0 Å². The minimum absolute atomic E-state index is 0.501. The zero-order chi connectivity index (χ0) is 14.0. The van der Waals surface area contributed by atoms with Gasteiger partial charge in [-0.25, -0.2) is 4.68 Å². The number of hydrogen-bond acceptors (Lipinski definition) is 2. The van der Waals surface area contributed by atoms with Crippen molar-refractivity contribution in [3.8, 4) is 5.69 Å². The summed E-state index contributed by atoms with van der Waals surface area (Å²) in [7, 11) is 0. The lowest BCUT2D eigenvalue weighted by Gasteiger charge is -2.17. The van der Waals surface area contributed by atoms with Gasteiger partial charge in [0.1, 0.15) is 0 Å². The molecule has 0 spiro atoms. The van der Waals surface area contributed by atoms with Crippen LogP contribution in [0.25, 0.3) is 5.69 Å². The van der Waals surface area contributed by atoms with Crippen molar-refractivity contribution in [2.24, 2.45) is 5.41 Å². The van der Waals surface area contributed by atoms with Gasteiger partial charge in [0.2, 0.25) is 0 Å². The number of aromatic nitrogens is 2. The molecular weight excluding hydrogens is 246 g/mol. The molecule has 0 amide bonds. The van der Waals surface area contributed by atoms with E-state index < -0.39 is 0 Å². The average molecular weight is 269 g/mol. The van der Waals surface area contributed by atoms with Crippen LogP contribution in [0.15, 0.2) is 42.6 Å². The van der Waals surface area contributed by atoms with E-state index in [9.17, 15) is 0 Å². The molecule has 1 aliphatic carbocycles. The predicted molar refractivity (Wildman–Crippen MR) is 81.8 cm³/mol. The van der Waals surface area contributed by atoms with Crippen LogP contribution in [0, 0.1) is 5.41 Å². The summed E-state index contributed by atoms with van der Waals surface area (Å²) in [6, 6.07) is 13.0. The molecule has 0 saturated heterocycles. The van der Waals surface area contributed by atoms with Gasteiger partial charge in [-0.2, -0.15) is 5.10 Å². The SMILES string of the molecule is CC1(C)CCC(NCc2ccn(-c3ccccc3)n2)C1. The fraction of sp³-hybridized carbons (Fsp3) is 0.471. The molecule has 1 N–H and O–H groups in total. The Morgan fingerprint density at radius 2 is 2.05 bits per heavy atom. The fourth-order valence-corrected chi connectivity index (χ4v) is 3.04. The molecule has 3 heteroatoms. The smallest absolute Gasteiger partial charge is 0.0766 e. The van der Waals surface area contributed by atoms with E-state index in [2.05, 4.69) is 42.5 Å². The molecule has 1 aliphatic rings. The largest absolute Gasteiger partial charge is 0.308 e. The summed E-state index contributed by atoms with van der Waals surface area (Å²) < 4.78 is 1.94. The van der Waals surface area contributed by atoms with Crippen molar-refractivity contribution in [1.82, 2.24) is 15.1 Å². The Morgan fingerprint density at radius 1 is 1.25 bits per heavy atom. The highest BCUT2D eigenvalue weighted by atomic mass is 15.3. The van der Waals surface area contributed by atoms with Gasteiger partial charge in [0, 0.05) is 18.8 Å². The van der Waals surface area contributed by atoms with Crippen molar-refractivity contribution in [2.45, 2.75) is 45.7 Å². The van der Waals surface area contributed by atoms with Gasteiger partial charge < -0.3 is 5.32 Å². The molecule has 1 fully saturated rings. The first kappa shape index (κ1) is 13.4. The summed E-state index contributed by atoms with van der Waals surface area (Å²) >= 11 is 0. The summed E-state index contributed by atoms with van der Waals surface area (Å²) in [5.41, 5.74) is 2.72. The normalized spacial score (nSPS) is 21.2. The quantitative estimate of drug-likeness (QED) is 0.920. The van der Waals surface area contributed by atoms with Gasteiger partial charge in [-0.05, 0) is 42.9 Å². The fourth-order valence-electron chi connectivity index (χ4n) is 3.04. The third-order valence-corrected chi connectivity index (χ3v) is 4.21. The molecule has 1 aromatic carbocycles. The standard InChI is InChI=1S/C17H23N3/c1-17(2)10-8-14(12-17)18-13-15-9-11-20(19-15)16-6-4-3-5-7-16/h3-7,9,11,14,18H,8,10,12-13H2,1-2H3. The first-order valence-electron chi connectivity index (χ1n) is 7.46. The number of rotatable bonds is 4. The first-order valence-corrected chi connectivity index (χ1v) is 7.46. The molecule has 3 nitrogen and oxygen atoms in total. The minimum Gasteiger partial charge on any atom is -0.308 e. The Kier molecular flexibility index (Phi) is 3.62. The van der Waals surface area contributed by atoms with Crippen LogP contribution < -0.4 is 5.32 Å². The summed E-state index contributed by atoms with van der Waals surface area (Å²) in [4.78, 5) is 0. The maximum Gasteiger partial charge on any atom is 0.0766 e. The lowest BCUT2D eigenvalue weighted by molar-refractivity contribution is 0.364. The van der Waals surface area contributed by atoms with Gasteiger partial charge in [0.05, 0.1) is 11.4 Å². The van der Waals surface area contributed by atoms with E-state index in [1.165, 1.54) is 19.3 Å². The number of nitrogens with zero attached hydrogens (tertiary/aromatic N) is 2. The molecule has 0 aliphatic heterocycles. The second-order valence-electron chi connectivity index (χ2n) is 6.57. The Morgan fingerprint density at radius 3 is 2.75 bits per heavy atom. The summed E-state index contributed by atoms with van der Waals surface area (Å²) in [5.74, 6) is 0.